The van der Waals surface area contributed by atoms with Crippen LogP contribution in [0.1, 0.15) is 220 Å². The molecule has 0 aromatic carbocycles. The highest BCUT2D eigenvalue weighted by molar-refractivity contribution is 5.69. The Morgan fingerprint density at radius 1 is 0.420 bits per heavy atom. The number of hydrogen-bond acceptors (Lipinski definition) is 6. The normalized spacial score (nSPS) is 11.6. The molecule has 0 aliphatic carbocycles. The Labute approximate surface area is 309 Å². The summed E-state index contributed by atoms with van der Waals surface area (Å²) in [6.45, 7) is 5.98. The van der Waals surface area contributed by atoms with E-state index in [4.69, 9.17) is 14.2 Å². The molecule has 0 N–H and O–H groups in total. The number of carbonyl (C=O) groups is 3. The van der Waals surface area contributed by atoms with Gasteiger partial charge in [-0.1, -0.05) is 134 Å². The van der Waals surface area contributed by atoms with Crippen molar-refractivity contribution in [2.75, 3.05) is 13.2 Å². The highest BCUT2D eigenvalue weighted by atomic mass is 16.5. The minimum Gasteiger partial charge on any atom is -0.466 e. The molecule has 0 aliphatic rings. The van der Waals surface area contributed by atoms with Crippen molar-refractivity contribution >= 4 is 17.9 Å². The Balaban J connectivity index is 3.62. The van der Waals surface area contributed by atoms with Gasteiger partial charge in [-0.3, -0.25) is 14.4 Å². The highest BCUT2D eigenvalue weighted by Crippen LogP contribution is 2.18. The zero-order valence-electron chi connectivity index (χ0n) is 33.2. The molecule has 0 radical (unpaired) electrons. The van der Waals surface area contributed by atoms with Gasteiger partial charge in [-0.25, -0.2) is 0 Å². The Morgan fingerprint density at radius 2 is 0.700 bits per heavy atom. The van der Waals surface area contributed by atoms with Crippen LogP contribution in [0.25, 0.3) is 0 Å². The van der Waals surface area contributed by atoms with Crippen molar-refractivity contribution in [1.29, 1.82) is 0 Å². The number of rotatable bonds is 38. The molecule has 0 unspecified atom stereocenters. The van der Waals surface area contributed by atoms with Crippen LogP contribution in [0.5, 0.6) is 0 Å². The highest BCUT2D eigenvalue weighted by Gasteiger charge is 2.13. The summed E-state index contributed by atoms with van der Waals surface area (Å²) in [7, 11) is 0. The van der Waals surface area contributed by atoms with Crippen LogP contribution in [0.15, 0.2) is 24.3 Å². The van der Waals surface area contributed by atoms with E-state index in [0.717, 1.165) is 38.5 Å². The summed E-state index contributed by atoms with van der Waals surface area (Å²) in [6, 6.07) is 0. The number of hydrogen-bond donors (Lipinski definition) is 0. The van der Waals surface area contributed by atoms with E-state index in [1.54, 1.807) is 0 Å². The molecule has 0 fully saturated rings. The van der Waals surface area contributed by atoms with Crippen molar-refractivity contribution in [2.45, 2.75) is 226 Å². The fourth-order valence-electron chi connectivity index (χ4n) is 6.26. The lowest BCUT2D eigenvalue weighted by Crippen LogP contribution is -2.17. The third kappa shape index (κ3) is 40.3. The van der Waals surface area contributed by atoms with Crippen LogP contribution >= 0.6 is 0 Å². The molecule has 0 aromatic heterocycles. The number of esters is 3. The summed E-state index contributed by atoms with van der Waals surface area (Å²) in [4.78, 5) is 33.5. The largest absolute Gasteiger partial charge is 0.466 e. The molecule has 0 atom stereocenters. The van der Waals surface area contributed by atoms with Crippen LogP contribution in [-0.4, -0.2) is 37.2 Å². The van der Waals surface area contributed by atoms with E-state index >= 15 is 0 Å². The first-order chi connectivity index (χ1) is 24.5. The Kier molecular flexibility index (Phi) is 38.0. The topological polar surface area (TPSA) is 78.9 Å². The Bertz CT molecular complexity index is 761. The monoisotopic (exact) mass is 705 g/mol. The van der Waals surface area contributed by atoms with E-state index in [1.165, 1.54) is 168 Å². The second-order valence-corrected chi connectivity index (χ2v) is 14.3. The standard InChI is InChI=1S/C44H80O6/c1-4-44(47)50-43(37-33-29-25-21-17-13-9-5-7-11-15-19-23-27-31-35-39-48-41(2)45)38-34-30-26-22-18-14-10-6-8-12-16-20-24-28-32-36-40-49-42(3)46/h5-8,43H,4,9-40H2,1-3H3/b7-5-,8-6-. The smallest absolute Gasteiger partial charge is 0.305 e. The molecule has 0 spiro atoms. The Hall–Kier alpha value is -2.11. The lowest BCUT2D eigenvalue weighted by Gasteiger charge is -2.17. The molecule has 0 aromatic rings. The van der Waals surface area contributed by atoms with Gasteiger partial charge >= 0.3 is 17.9 Å². The molecular weight excluding hydrogens is 624 g/mol. The number of ether oxygens (including phenoxy) is 3. The molecule has 0 aliphatic heterocycles. The Morgan fingerprint density at radius 3 is 1.00 bits per heavy atom. The summed E-state index contributed by atoms with van der Waals surface area (Å²) in [6.07, 6.45) is 46.6. The second-order valence-electron chi connectivity index (χ2n) is 14.3. The average Bonchev–Trinajstić information content (AvgIpc) is 3.09. The van der Waals surface area contributed by atoms with Crippen molar-refractivity contribution in [3.63, 3.8) is 0 Å². The first-order valence-electron chi connectivity index (χ1n) is 21.2. The van der Waals surface area contributed by atoms with E-state index in [2.05, 4.69) is 24.3 Å². The van der Waals surface area contributed by atoms with Gasteiger partial charge in [0, 0.05) is 20.3 Å². The minimum absolute atomic E-state index is 0.0443. The van der Waals surface area contributed by atoms with Crippen LogP contribution in [0.2, 0.25) is 0 Å². The zero-order valence-corrected chi connectivity index (χ0v) is 33.2. The van der Waals surface area contributed by atoms with Crippen LogP contribution in [0, 0.1) is 0 Å². The van der Waals surface area contributed by atoms with Crippen LogP contribution in [0.3, 0.4) is 0 Å². The summed E-state index contributed by atoms with van der Waals surface area (Å²) in [5, 5.41) is 0. The second kappa shape index (κ2) is 39.7. The van der Waals surface area contributed by atoms with E-state index in [0.29, 0.717) is 19.6 Å². The lowest BCUT2D eigenvalue weighted by molar-refractivity contribution is -0.149. The summed E-state index contributed by atoms with van der Waals surface area (Å²) in [5.41, 5.74) is 0. The van der Waals surface area contributed by atoms with Crippen LogP contribution in [0.4, 0.5) is 0 Å². The first kappa shape index (κ1) is 47.9. The zero-order chi connectivity index (χ0) is 36.6. The molecule has 0 amide bonds. The molecule has 6 heteroatoms. The maximum Gasteiger partial charge on any atom is 0.305 e. The van der Waals surface area contributed by atoms with Gasteiger partial charge in [-0.05, 0) is 89.9 Å². The van der Waals surface area contributed by atoms with Gasteiger partial charge in [0.05, 0.1) is 13.2 Å². The van der Waals surface area contributed by atoms with Gasteiger partial charge in [0.1, 0.15) is 6.10 Å². The minimum atomic E-state index is -0.173. The molecule has 0 saturated heterocycles. The molecule has 0 heterocycles. The molecule has 0 rings (SSSR count). The first-order valence-corrected chi connectivity index (χ1v) is 21.2. The maximum atomic E-state index is 12.0. The summed E-state index contributed by atoms with van der Waals surface area (Å²) < 4.78 is 15.7. The SMILES string of the molecule is CCC(=O)OC(CCCCCCCC/C=C\CCCCCCCCOC(C)=O)CCCCCCCC/C=C\CCCCCCCCOC(C)=O. The molecule has 0 bridgehead atoms. The molecule has 0 saturated carbocycles. The predicted molar refractivity (Wildman–Crippen MR) is 210 cm³/mol. The number of unbranched alkanes of at least 4 members (excludes halogenated alkanes) is 24. The predicted octanol–water partition coefficient (Wildman–Crippen LogP) is 13.2. The lowest BCUT2D eigenvalue weighted by atomic mass is 10.0. The van der Waals surface area contributed by atoms with Gasteiger partial charge in [-0.2, -0.15) is 0 Å². The third-order valence-electron chi connectivity index (χ3n) is 9.35. The molecule has 292 valence electrons. The van der Waals surface area contributed by atoms with Crippen LogP contribution in [-0.2, 0) is 28.6 Å². The summed E-state index contributed by atoms with van der Waals surface area (Å²) >= 11 is 0. The number of allylic oxidation sites excluding steroid dienone is 4. The molecular formula is C44H80O6. The fourth-order valence-corrected chi connectivity index (χ4v) is 6.26. The van der Waals surface area contributed by atoms with E-state index in [-0.39, 0.29) is 24.0 Å². The van der Waals surface area contributed by atoms with E-state index in [9.17, 15) is 14.4 Å². The van der Waals surface area contributed by atoms with E-state index in [1.807, 2.05) is 6.92 Å². The third-order valence-corrected chi connectivity index (χ3v) is 9.35. The van der Waals surface area contributed by atoms with Crippen molar-refractivity contribution in [1.82, 2.24) is 0 Å². The van der Waals surface area contributed by atoms with Gasteiger partial charge in [-0.15, -0.1) is 0 Å². The summed E-state index contributed by atoms with van der Waals surface area (Å²) in [5.74, 6) is -0.390. The number of carbonyl (C=O) groups excluding carboxylic acids is 3. The quantitative estimate of drug-likeness (QED) is 0.0275. The van der Waals surface area contributed by atoms with Crippen molar-refractivity contribution in [3.8, 4) is 0 Å². The van der Waals surface area contributed by atoms with Crippen LogP contribution < -0.4 is 0 Å². The maximum absolute atomic E-state index is 12.0. The van der Waals surface area contributed by atoms with Gasteiger partial charge < -0.3 is 14.2 Å². The van der Waals surface area contributed by atoms with Gasteiger partial charge in [0.25, 0.3) is 0 Å². The van der Waals surface area contributed by atoms with E-state index < -0.39 is 0 Å². The van der Waals surface area contributed by atoms with Gasteiger partial charge in [0.15, 0.2) is 0 Å². The average molecular weight is 705 g/mol. The molecule has 50 heavy (non-hydrogen) atoms. The van der Waals surface area contributed by atoms with Crippen molar-refractivity contribution < 1.29 is 28.6 Å². The van der Waals surface area contributed by atoms with Gasteiger partial charge in [0.2, 0.25) is 0 Å². The van der Waals surface area contributed by atoms with Crippen molar-refractivity contribution in [2.24, 2.45) is 0 Å². The molecule has 6 nitrogen and oxygen atoms in total. The van der Waals surface area contributed by atoms with Crippen molar-refractivity contribution in [3.05, 3.63) is 24.3 Å². The fraction of sp³-hybridized carbons (Fsp3) is 0.841.